The smallest absolute Gasteiger partial charge is 0.317 e. The van der Waals surface area contributed by atoms with Crippen molar-refractivity contribution in [3.05, 3.63) is 12.7 Å². The van der Waals surface area contributed by atoms with Crippen molar-refractivity contribution in [3.63, 3.8) is 0 Å². The van der Waals surface area contributed by atoms with E-state index < -0.39 is 5.97 Å². The average molecular weight is 240 g/mol. The summed E-state index contributed by atoms with van der Waals surface area (Å²) in [6, 6.07) is 0.400. The van der Waals surface area contributed by atoms with Crippen molar-refractivity contribution in [1.82, 2.24) is 9.80 Å². The summed E-state index contributed by atoms with van der Waals surface area (Å²) in [6.07, 6.45) is 5.12. The average Bonchev–Trinajstić information content (AvgIpc) is 2.29. The fourth-order valence-corrected chi connectivity index (χ4v) is 2.51. The molecular weight excluding hydrogens is 216 g/mol. The predicted octanol–water partition coefficient (Wildman–Crippen LogP) is 1.43. The van der Waals surface area contributed by atoms with Gasteiger partial charge in [-0.25, -0.2) is 0 Å². The van der Waals surface area contributed by atoms with Gasteiger partial charge in [0.1, 0.15) is 0 Å². The molecule has 0 aromatic rings. The van der Waals surface area contributed by atoms with E-state index >= 15 is 0 Å². The van der Waals surface area contributed by atoms with Crippen LogP contribution in [0.25, 0.3) is 0 Å². The lowest BCUT2D eigenvalue weighted by Crippen LogP contribution is -2.46. The van der Waals surface area contributed by atoms with Gasteiger partial charge >= 0.3 is 5.97 Å². The third kappa shape index (κ3) is 4.88. The summed E-state index contributed by atoms with van der Waals surface area (Å²) < 4.78 is 0. The number of hydrogen-bond donors (Lipinski definition) is 1. The second-order valence-corrected chi connectivity index (χ2v) is 4.68. The van der Waals surface area contributed by atoms with Crippen LogP contribution in [0.4, 0.5) is 0 Å². The van der Waals surface area contributed by atoms with Gasteiger partial charge in [0, 0.05) is 12.6 Å². The normalized spacial score (nSPS) is 18.5. The minimum atomic E-state index is -0.747. The molecule has 1 fully saturated rings. The first-order valence-electron chi connectivity index (χ1n) is 6.46. The standard InChI is InChI=1S/C13H24N2O2/c1-3-7-14-9-5-12(6-10-14)15(8-4-2)11-13(16)17/h4,12H,2-3,5-11H2,1H3,(H,16,17). The summed E-state index contributed by atoms with van der Waals surface area (Å²) in [7, 11) is 0. The van der Waals surface area contributed by atoms with Crippen LogP contribution in [0, 0.1) is 0 Å². The first-order valence-corrected chi connectivity index (χ1v) is 6.46. The number of hydrogen-bond acceptors (Lipinski definition) is 3. The van der Waals surface area contributed by atoms with Crippen LogP contribution < -0.4 is 0 Å². The highest BCUT2D eigenvalue weighted by Crippen LogP contribution is 2.16. The second kappa shape index (κ2) is 7.45. The van der Waals surface area contributed by atoms with Gasteiger partial charge in [0.2, 0.25) is 0 Å². The van der Waals surface area contributed by atoms with Gasteiger partial charge in [-0.05, 0) is 38.9 Å². The molecule has 0 amide bonds. The van der Waals surface area contributed by atoms with E-state index in [9.17, 15) is 4.79 Å². The number of nitrogens with zero attached hydrogens (tertiary/aromatic N) is 2. The molecule has 0 atom stereocenters. The highest BCUT2D eigenvalue weighted by atomic mass is 16.4. The maximum Gasteiger partial charge on any atom is 0.317 e. The Morgan fingerprint density at radius 3 is 2.65 bits per heavy atom. The number of carbonyl (C=O) groups is 1. The maximum atomic E-state index is 10.8. The van der Waals surface area contributed by atoms with E-state index in [0.29, 0.717) is 12.6 Å². The highest BCUT2D eigenvalue weighted by molar-refractivity contribution is 5.69. The summed E-state index contributed by atoms with van der Waals surface area (Å²) in [5.41, 5.74) is 0. The zero-order valence-electron chi connectivity index (χ0n) is 10.8. The number of aliphatic carboxylic acids is 1. The molecule has 0 aromatic heterocycles. The Bertz CT molecular complexity index is 248. The molecule has 0 saturated carbocycles. The van der Waals surface area contributed by atoms with Crippen molar-refractivity contribution in [2.45, 2.75) is 32.2 Å². The van der Waals surface area contributed by atoms with E-state index in [0.717, 1.165) is 32.5 Å². The zero-order chi connectivity index (χ0) is 12.7. The fraction of sp³-hybridized carbons (Fsp3) is 0.769. The van der Waals surface area contributed by atoms with Gasteiger partial charge in [0.15, 0.2) is 0 Å². The number of rotatable bonds is 7. The minimum absolute atomic E-state index is 0.129. The molecule has 98 valence electrons. The van der Waals surface area contributed by atoms with Crippen LogP contribution in [0.3, 0.4) is 0 Å². The molecule has 4 heteroatoms. The molecule has 0 unspecified atom stereocenters. The SMILES string of the molecule is C=CCN(CC(=O)O)C1CCN(CCC)CC1. The third-order valence-electron chi connectivity index (χ3n) is 3.32. The summed E-state index contributed by atoms with van der Waals surface area (Å²) in [4.78, 5) is 15.3. The lowest BCUT2D eigenvalue weighted by molar-refractivity contribution is -0.139. The molecule has 1 aliphatic heterocycles. The maximum absolute atomic E-state index is 10.8. The number of carboxylic acid groups (broad SMARTS) is 1. The van der Waals surface area contributed by atoms with Crippen molar-refractivity contribution in [2.24, 2.45) is 0 Å². The van der Waals surface area contributed by atoms with Crippen molar-refractivity contribution >= 4 is 5.97 Å². The molecule has 1 saturated heterocycles. The monoisotopic (exact) mass is 240 g/mol. The molecule has 0 aromatic carbocycles. The van der Waals surface area contributed by atoms with E-state index in [1.54, 1.807) is 6.08 Å². The lowest BCUT2D eigenvalue weighted by atomic mass is 10.0. The van der Waals surface area contributed by atoms with Gasteiger partial charge in [-0.3, -0.25) is 9.69 Å². The van der Waals surface area contributed by atoms with Gasteiger partial charge < -0.3 is 10.0 Å². The number of carboxylic acids is 1. The molecule has 0 spiro atoms. The summed E-state index contributed by atoms with van der Waals surface area (Å²) in [5, 5.41) is 8.89. The van der Waals surface area contributed by atoms with Crippen LogP contribution in [-0.4, -0.2) is 59.6 Å². The largest absolute Gasteiger partial charge is 0.480 e. The first-order chi connectivity index (χ1) is 8.17. The van der Waals surface area contributed by atoms with E-state index in [2.05, 4.69) is 18.4 Å². The molecule has 0 bridgehead atoms. The third-order valence-corrected chi connectivity index (χ3v) is 3.32. The Kier molecular flexibility index (Phi) is 6.22. The Morgan fingerprint density at radius 2 is 2.18 bits per heavy atom. The molecule has 1 rings (SSSR count). The van der Waals surface area contributed by atoms with Gasteiger partial charge in [0.05, 0.1) is 6.54 Å². The number of piperidine rings is 1. The van der Waals surface area contributed by atoms with E-state index in [4.69, 9.17) is 5.11 Å². The van der Waals surface area contributed by atoms with Gasteiger partial charge in [-0.1, -0.05) is 13.0 Å². The van der Waals surface area contributed by atoms with Crippen LogP contribution in [0.1, 0.15) is 26.2 Å². The summed E-state index contributed by atoms with van der Waals surface area (Å²) in [5.74, 6) is -0.747. The van der Waals surface area contributed by atoms with Crippen LogP contribution >= 0.6 is 0 Å². The predicted molar refractivity (Wildman–Crippen MR) is 69.2 cm³/mol. The van der Waals surface area contributed by atoms with Crippen LogP contribution in [0.15, 0.2) is 12.7 Å². The van der Waals surface area contributed by atoms with Crippen molar-refractivity contribution in [3.8, 4) is 0 Å². The van der Waals surface area contributed by atoms with Crippen molar-refractivity contribution in [2.75, 3.05) is 32.7 Å². The minimum Gasteiger partial charge on any atom is -0.480 e. The Morgan fingerprint density at radius 1 is 1.53 bits per heavy atom. The molecule has 1 aliphatic rings. The van der Waals surface area contributed by atoms with Crippen molar-refractivity contribution in [1.29, 1.82) is 0 Å². The van der Waals surface area contributed by atoms with E-state index in [-0.39, 0.29) is 6.54 Å². The zero-order valence-corrected chi connectivity index (χ0v) is 10.8. The molecular formula is C13H24N2O2. The van der Waals surface area contributed by atoms with E-state index in [1.165, 1.54) is 6.42 Å². The van der Waals surface area contributed by atoms with Gasteiger partial charge in [-0.15, -0.1) is 6.58 Å². The molecule has 1 N–H and O–H groups in total. The Hall–Kier alpha value is -0.870. The van der Waals surface area contributed by atoms with Crippen LogP contribution in [0.2, 0.25) is 0 Å². The van der Waals surface area contributed by atoms with Gasteiger partial charge in [-0.2, -0.15) is 0 Å². The first kappa shape index (κ1) is 14.2. The second-order valence-electron chi connectivity index (χ2n) is 4.68. The Balaban J connectivity index is 2.42. The summed E-state index contributed by atoms with van der Waals surface area (Å²) >= 11 is 0. The summed E-state index contributed by atoms with van der Waals surface area (Å²) in [6.45, 7) is 10.0. The van der Waals surface area contributed by atoms with Crippen molar-refractivity contribution < 1.29 is 9.90 Å². The molecule has 17 heavy (non-hydrogen) atoms. The molecule has 0 radical (unpaired) electrons. The number of likely N-dealkylation sites (tertiary alicyclic amines) is 1. The van der Waals surface area contributed by atoms with Crippen LogP contribution in [0.5, 0.6) is 0 Å². The topological polar surface area (TPSA) is 43.8 Å². The Labute approximate surface area is 104 Å². The highest BCUT2D eigenvalue weighted by Gasteiger charge is 2.24. The molecule has 0 aliphatic carbocycles. The van der Waals surface area contributed by atoms with Crippen LogP contribution in [-0.2, 0) is 4.79 Å². The molecule has 4 nitrogen and oxygen atoms in total. The molecule has 1 heterocycles. The van der Waals surface area contributed by atoms with E-state index in [1.807, 2.05) is 4.90 Å². The van der Waals surface area contributed by atoms with Gasteiger partial charge in [0.25, 0.3) is 0 Å². The quantitative estimate of drug-likeness (QED) is 0.684. The lowest BCUT2D eigenvalue weighted by Gasteiger charge is -2.37. The fourth-order valence-electron chi connectivity index (χ4n) is 2.51.